The van der Waals surface area contributed by atoms with Crippen LogP contribution in [0.4, 0.5) is 11.6 Å². The summed E-state index contributed by atoms with van der Waals surface area (Å²) in [5.74, 6) is 4.04. The number of benzene rings is 1. The van der Waals surface area contributed by atoms with Crippen LogP contribution in [0.5, 0.6) is 11.5 Å². The first-order valence-corrected chi connectivity index (χ1v) is 8.31. The number of methoxy groups -OCH3 is 1. The van der Waals surface area contributed by atoms with E-state index in [1.165, 1.54) is 0 Å². The van der Waals surface area contributed by atoms with Crippen molar-refractivity contribution in [3.63, 3.8) is 0 Å². The summed E-state index contributed by atoms with van der Waals surface area (Å²) >= 11 is 0. The lowest BCUT2D eigenvalue weighted by Crippen LogP contribution is -2.13. The Morgan fingerprint density at radius 1 is 0.958 bits per heavy atom. The van der Waals surface area contributed by atoms with E-state index >= 15 is 0 Å². The van der Waals surface area contributed by atoms with Crippen LogP contribution in [0.2, 0.25) is 0 Å². The van der Waals surface area contributed by atoms with Crippen molar-refractivity contribution in [1.82, 2.24) is 9.97 Å². The topological polar surface area (TPSA) is 68.3 Å². The largest absolute Gasteiger partial charge is 0.497 e. The summed E-state index contributed by atoms with van der Waals surface area (Å²) in [5.41, 5.74) is 0. The van der Waals surface area contributed by atoms with E-state index in [1.807, 2.05) is 37.3 Å². The van der Waals surface area contributed by atoms with Gasteiger partial charge in [0.05, 0.1) is 13.7 Å². The first-order chi connectivity index (χ1) is 11.7. The van der Waals surface area contributed by atoms with Crippen molar-refractivity contribution in [2.75, 3.05) is 37.4 Å². The Balaban J connectivity index is 1.78. The summed E-state index contributed by atoms with van der Waals surface area (Å²) in [4.78, 5) is 8.79. The van der Waals surface area contributed by atoms with Crippen molar-refractivity contribution in [1.29, 1.82) is 0 Å². The highest BCUT2D eigenvalue weighted by Gasteiger charge is 2.02. The van der Waals surface area contributed by atoms with Gasteiger partial charge in [0.1, 0.15) is 35.6 Å². The van der Waals surface area contributed by atoms with Gasteiger partial charge in [-0.3, -0.25) is 0 Å². The third-order valence-corrected chi connectivity index (χ3v) is 3.41. The smallest absolute Gasteiger partial charge is 0.131 e. The molecule has 130 valence electrons. The Labute approximate surface area is 143 Å². The molecule has 1 heterocycles. The number of hydrogen-bond acceptors (Lipinski definition) is 6. The van der Waals surface area contributed by atoms with Crippen LogP contribution in [-0.2, 0) is 0 Å². The summed E-state index contributed by atoms with van der Waals surface area (Å²) < 4.78 is 10.8. The molecule has 0 unspecified atom stereocenters. The van der Waals surface area contributed by atoms with Crippen LogP contribution in [-0.4, -0.2) is 36.8 Å². The minimum Gasteiger partial charge on any atom is -0.497 e. The van der Waals surface area contributed by atoms with Gasteiger partial charge < -0.3 is 20.1 Å². The van der Waals surface area contributed by atoms with E-state index in [4.69, 9.17) is 9.47 Å². The zero-order chi connectivity index (χ0) is 17.2. The number of nitrogens with one attached hydrogen (secondary N) is 2. The fourth-order valence-corrected chi connectivity index (χ4v) is 2.16. The summed E-state index contributed by atoms with van der Waals surface area (Å²) in [7, 11) is 1.65. The summed E-state index contributed by atoms with van der Waals surface area (Å²) in [6, 6.07) is 9.47. The normalized spacial score (nSPS) is 10.3. The van der Waals surface area contributed by atoms with Gasteiger partial charge in [0.2, 0.25) is 0 Å². The predicted molar refractivity (Wildman–Crippen MR) is 97.1 cm³/mol. The molecule has 0 aliphatic heterocycles. The van der Waals surface area contributed by atoms with E-state index in [2.05, 4.69) is 27.5 Å². The second kappa shape index (κ2) is 9.60. The molecule has 0 saturated heterocycles. The summed E-state index contributed by atoms with van der Waals surface area (Å²) in [6.45, 7) is 6.20. The molecule has 0 aliphatic rings. The number of unbranched alkanes of at least 4 members (excludes halogenated alkanes) is 1. The number of aryl methyl sites for hydroxylation is 1. The zero-order valence-corrected chi connectivity index (χ0v) is 14.6. The third-order valence-electron chi connectivity index (χ3n) is 3.41. The van der Waals surface area contributed by atoms with Crippen molar-refractivity contribution in [2.45, 2.75) is 26.7 Å². The number of nitrogens with zero attached hydrogens (tertiary/aromatic N) is 2. The van der Waals surface area contributed by atoms with E-state index in [9.17, 15) is 0 Å². The molecule has 0 bridgehead atoms. The molecule has 2 aromatic rings. The van der Waals surface area contributed by atoms with Gasteiger partial charge in [-0.25, -0.2) is 9.97 Å². The molecular formula is C18H26N4O2. The van der Waals surface area contributed by atoms with Gasteiger partial charge in [-0.15, -0.1) is 0 Å². The van der Waals surface area contributed by atoms with Gasteiger partial charge in [-0.05, 0) is 37.6 Å². The average Bonchev–Trinajstić information content (AvgIpc) is 2.59. The highest BCUT2D eigenvalue weighted by Crippen LogP contribution is 2.17. The monoisotopic (exact) mass is 330 g/mol. The molecule has 1 aromatic carbocycles. The lowest BCUT2D eigenvalue weighted by atomic mass is 10.3. The first-order valence-electron chi connectivity index (χ1n) is 8.31. The average molecular weight is 330 g/mol. The molecule has 0 fully saturated rings. The Morgan fingerprint density at radius 2 is 1.58 bits per heavy atom. The minimum absolute atomic E-state index is 0.550. The van der Waals surface area contributed by atoms with Gasteiger partial charge in [-0.1, -0.05) is 13.3 Å². The second-order valence-corrected chi connectivity index (χ2v) is 5.42. The predicted octanol–water partition coefficient (Wildman–Crippen LogP) is 3.50. The van der Waals surface area contributed by atoms with Crippen molar-refractivity contribution in [2.24, 2.45) is 0 Å². The van der Waals surface area contributed by atoms with Crippen LogP contribution >= 0.6 is 0 Å². The number of ether oxygens (including phenoxy) is 2. The maximum Gasteiger partial charge on any atom is 0.131 e. The highest BCUT2D eigenvalue weighted by atomic mass is 16.5. The molecule has 2 rings (SSSR count). The SMILES string of the molecule is CCCCNc1cc(NCCOc2ccc(OC)cc2)nc(C)n1. The molecule has 0 radical (unpaired) electrons. The second-order valence-electron chi connectivity index (χ2n) is 5.42. The Hall–Kier alpha value is -2.50. The molecule has 24 heavy (non-hydrogen) atoms. The van der Waals surface area contributed by atoms with Crippen molar-refractivity contribution in [3.8, 4) is 11.5 Å². The molecule has 0 spiro atoms. The number of rotatable bonds is 10. The highest BCUT2D eigenvalue weighted by molar-refractivity contribution is 5.47. The minimum atomic E-state index is 0.550. The first kappa shape index (κ1) is 17.8. The van der Waals surface area contributed by atoms with E-state index in [0.717, 1.165) is 48.3 Å². The Morgan fingerprint density at radius 3 is 2.21 bits per heavy atom. The van der Waals surface area contributed by atoms with Gasteiger partial charge in [0.15, 0.2) is 0 Å². The number of anilines is 2. The zero-order valence-electron chi connectivity index (χ0n) is 14.6. The summed E-state index contributed by atoms with van der Waals surface area (Å²) in [6.07, 6.45) is 2.28. The number of aromatic nitrogens is 2. The van der Waals surface area contributed by atoms with E-state index < -0.39 is 0 Å². The van der Waals surface area contributed by atoms with Crippen LogP contribution in [0.3, 0.4) is 0 Å². The quantitative estimate of drug-likeness (QED) is 0.650. The maximum atomic E-state index is 5.69. The molecule has 0 atom stereocenters. The Bertz CT molecular complexity index is 617. The molecule has 6 heteroatoms. The lowest BCUT2D eigenvalue weighted by molar-refractivity contribution is 0.331. The lowest BCUT2D eigenvalue weighted by Gasteiger charge is -2.11. The molecular weight excluding hydrogens is 304 g/mol. The van der Waals surface area contributed by atoms with Gasteiger partial charge in [-0.2, -0.15) is 0 Å². The number of hydrogen-bond donors (Lipinski definition) is 2. The van der Waals surface area contributed by atoms with E-state index in [0.29, 0.717) is 13.2 Å². The summed E-state index contributed by atoms with van der Waals surface area (Å²) in [5, 5.41) is 6.59. The van der Waals surface area contributed by atoms with Crippen molar-refractivity contribution >= 4 is 11.6 Å². The molecule has 0 amide bonds. The standard InChI is InChI=1S/C18H26N4O2/c1-4-5-10-19-17-13-18(22-14(2)21-17)20-11-12-24-16-8-6-15(23-3)7-9-16/h6-9,13H,4-5,10-12H2,1-3H3,(H2,19,20,21,22). The fraction of sp³-hybridized carbons (Fsp3) is 0.444. The molecule has 0 saturated carbocycles. The van der Waals surface area contributed by atoms with E-state index in [1.54, 1.807) is 7.11 Å². The van der Waals surface area contributed by atoms with E-state index in [-0.39, 0.29) is 0 Å². The Kier molecular flexibility index (Phi) is 7.14. The van der Waals surface area contributed by atoms with Gasteiger partial charge in [0, 0.05) is 12.6 Å². The molecule has 1 aromatic heterocycles. The maximum absolute atomic E-state index is 5.69. The van der Waals surface area contributed by atoms with Crippen LogP contribution in [0, 0.1) is 6.92 Å². The van der Waals surface area contributed by atoms with Crippen molar-refractivity contribution in [3.05, 3.63) is 36.2 Å². The third kappa shape index (κ3) is 5.95. The molecule has 6 nitrogen and oxygen atoms in total. The van der Waals surface area contributed by atoms with Crippen LogP contribution in [0.1, 0.15) is 25.6 Å². The van der Waals surface area contributed by atoms with Crippen LogP contribution in [0.15, 0.2) is 30.3 Å². The van der Waals surface area contributed by atoms with Crippen LogP contribution < -0.4 is 20.1 Å². The molecule has 2 N–H and O–H groups in total. The van der Waals surface area contributed by atoms with Crippen LogP contribution in [0.25, 0.3) is 0 Å². The van der Waals surface area contributed by atoms with Gasteiger partial charge >= 0.3 is 0 Å². The van der Waals surface area contributed by atoms with Gasteiger partial charge in [0.25, 0.3) is 0 Å². The van der Waals surface area contributed by atoms with Crippen molar-refractivity contribution < 1.29 is 9.47 Å². The fourth-order valence-electron chi connectivity index (χ4n) is 2.16. The molecule has 0 aliphatic carbocycles.